The number of rotatable bonds is 5. The number of hydrogen-bond acceptors (Lipinski definition) is 5. The molecule has 0 aromatic carbocycles. The Labute approximate surface area is 108 Å². The first-order valence-corrected chi connectivity index (χ1v) is 5.58. The van der Waals surface area contributed by atoms with Gasteiger partial charge in [-0.2, -0.15) is 0 Å². The van der Waals surface area contributed by atoms with Crippen molar-refractivity contribution in [1.82, 2.24) is 15.5 Å². The smallest absolute Gasteiger partial charge is 0.332 e. The maximum absolute atomic E-state index is 11.5. The first kappa shape index (κ1) is 14.9. The molecule has 106 valence electrons. The number of urea groups is 1. The van der Waals surface area contributed by atoms with E-state index < -0.39 is 30.1 Å². The molecule has 1 heterocycles. The van der Waals surface area contributed by atoms with E-state index in [9.17, 15) is 19.2 Å². The first-order valence-electron chi connectivity index (χ1n) is 5.58. The Bertz CT molecular complexity index is 410. The molecule has 2 unspecified atom stereocenters. The number of likely N-dealkylation sites (tertiary alicyclic amines) is 1. The molecule has 0 radical (unpaired) electrons. The average Bonchev–Trinajstić information content (AvgIpc) is 2.56. The van der Waals surface area contributed by atoms with Crippen LogP contribution in [0.1, 0.15) is 12.8 Å². The van der Waals surface area contributed by atoms with Crippen molar-refractivity contribution >= 4 is 23.8 Å². The summed E-state index contributed by atoms with van der Waals surface area (Å²) in [6.07, 6.45) is -1.80. The molecule has 1 aliphatic heterocycles. The number of imide groups is 1. The lowest BCUT2D eigenvalue weighted by atomic mass is 10.2. The number of nitrogens with zero attached hydrogens (tertiary/aromatic N) is 1. The van der Waals surface area contributed by atoms with Crippen molar-refractivity contribution in [3.8, 4) is 0 Å². The van der Waals surface area contributed by atoms with Gasteiger partial charge in [0.2, 0.25) is 5.91 Å². The molecule has 0 aromatic rings. The van der Waals surface area contributed by atoms with E-state index in [4.69, 9.17) is 10.2 Å². The van der Waals surface area contributed by atoms with Crippen molar-refractivity contribution < 1.29 is 29.4 Å². The summed E-state index contributed by atoms with van der Waals surface area (Å²) in [6.45, 7) is -0.0655. The number of carboxylic acid groups (broad SMARTS) is 1. The maximum atomic E-state index is 11.5. The third-order valence-corrected chi connectivity index (χ3v) is 2.68. The Morgan fingerprint density at radius 1 is 1.47 bits per heavy atom. The summed E-state index contributed by atoms with van der Waals surface area (Å²) < 4.78 is 0. The van der Waals surface area contributed by atoms with E-state index in [1.807, 2.05) is 0 Å². The van der Waals surface area contributed by atoms with E-state index >= 15 is 0 Å². The van der Waals surface area contributed by atoms with Gasteiger partial charge in [0, 0.05) is 20.0 Å². The number of carboxylic acids is 1. The van der Waals surface area contributed by atoms with Crippen molar-refractivity contribution in [2.24, 2.45) is 0 Å². The molecule has 1 aliphatic rings. The molecule has 4 amide bonds. The fourth-order valence-electron chi connectivity index (χ4n) is 1.52. The number of aliphatic carboxylic acids is 1. The highest BCUT2D eigenvalue weighted by atomic mass is 16.4. The fraction of sp³-hybridized carbons (Fsp3) is 0.600. The monoisotopic (exact) mass is 273 g/mol. The van der Waals surface area contributed by atoms with Crippen molar-refractivity contribution in [2.45, 2.75) is 25.0 Å². The van der Waals surface area contributed by atoms with Crippen LogP contribution in [0.4, 0.5) is 4.79 Å². The summed E-state index contributed by atoms with van der Waals surface area (Å²) in [7, 11) is 1.33. The summed E-state index contributed by atoms with van der Waals surface area (Å²) in [6, 6.07) is -1.60. The largest absolute Gasteiger partial charge is 0.479 e. The number of carbonyl (C=O) groups is 4. The SMILES string of the molecule is CN1C(=O)CC(NC(=O)NCCC(O)C(=O)O)C1=O. The number of likely N-dealkylation sites (N-methyl/N-ethyl adjacent to an activating group) is 1. The van der Waals surface area contributed by atoms with Crippen LogP contribution in [0.2, 0.25) is 0 Å². The zero-order chi connectivity index (χ0) is 14.6. The lowest BCUT2D eigenvalue weighted by Crippen LogP contribution is -2.46. The second kappa shape index (κ2) is 6.14. The second-order valence-electron chi connectivity index (χ2n) is 4.09. The molecule has 0 aliphatic carbocycles. The van der Waals surface area contributed by atoms with Crippen LogP contribution >= 0.6 is 0 Å². The zero-order valence-corrected chi connectivity index (χ0v) is 10.3. The third-order valence-electron chi connectivity index (χ3n) is 2.68. The lowest BCUT2D eigenvalue weighted by Gasteiger charge is -2.12. The van der Waals surface area contributed by atoms with Crippen LogP contribution in [0.5, 0.6) is 0 Å². The molecule has 1 saturated heterocycles. The summed E-state index contributed by atoms with van der Waals surface area (Å²) >= 11 is 0. The van der Waals surface area contributed by atoms with E-state index in [2.05, 4.69) is 10.6 Å². The van der Waals surface area contributed by atoms with Gasteiger partial charge in [-0.15, -0.1) is 0 Å². The number of amides is 4. The fourth-order valence-corrected chi connectivity index (χ4v) is 1.52. The molecule has 9 nitrogen and oxygen atoms in total. The Hall–Kier alpha value is -2.16. The molecule has 0 spiro atoms. The highest BCUT2D eigenvalue weighted by molar-refractivity contribution is 6.06. The van der Waals surface area contributed by atoms with Crippen molar-refractivity contribution in [3.05, 3.63) is 0 Å². The van der Waals surface area contributed by atoms with Crippen molar-refractivity contribution in [1.29, 1.82) is 0 Å². The van der Waals surface area contributed by atoms with Crippen LogP contribution in [0, 0.1) is 0 Å². The molecule has 1 fully saturated rings. The minimum Gasteiger partial charge on any atom is -0.479 e. The quantitative estimate of drug-likeness (QED) is 0.423. The standard InChI is InChI=1S/C10H15N3O6/c1-13-7(15)4-5(8(13)16)12-10(19)11-3-2-6(14)9(17)18/h5-6,14H,2-4H2,1H3,(H,17,18)(H2,11,12,19). The molecule has 2 atom stereocenters. The lowest BCUT2D eigenvalue weighted by molar-refractivity contribution is -0.146. The molecule has 9 heteroatoms. The summed E-state index contributed by atoms with van der Waals surface area (Å²) in [5.41, 5.74) is 0. The minimum atomic E-state index is -1.55. The van der Waals surface area contributed by atoms with Crippen LogP contribution in [-0.4, -0.2) is 64.7 Å². The number of hydrogen-bond donors (Lipinski definition) is 4. The minimum absolute atomic E-state index is 0.0655. The zero-order valence-electron chi connectivity index (χ0n) is 10.3. The molecule has 0 saturated carbocycles. The second-order valence-corrected chi connectivity index (χ2v) is 4.09. The predicted octanol–water partition coefficient (Wildman–Crippen LogP) is -2.12. The Morgan fingerprint density at radius 2 is 2.11 bits per heavy atom. The highest BCUT2D eigenvalue weighted by Crippen LogP contribution is 2.09. The maximum Gasteiger partial charge on any atom is 0.332 e. The van der Waals surface area contributed by atoms with E-state index in [0.717, 1.165) is 4.90 Å². The van der Waals surface area contributed by atoms with Gasteiger partial charge in [0.25, 0.3) is 5.91 Å². The molecule has 0 aromatic heterocycles. The Morgan fingerprint density at radius 3 is 2.58 bits per heavy atom. The number of aliphatic hydroxyl groups is 1. The molecule has 1 rings (SSSR count). The third kappa shape index (κ3) is 3.91. The molecule has 4 N–H and O–H groups in total. The van der Waals surface area contributed by atoms with Gasteiger partial charge < -0.3 is 20.8 Å². The van der Waals surface area contributed by atoms with Crippen LogP contribution in [0.15, 0.2) is 0 Å². The predicted molar refractivity (Wildman–Crippen MR) is 61.0 cm³/mol. The van der Waals surface area contributed by atoms with Crippen LogP contribution in [-0.2, 0) is 14.4 Å². The number of aliphatic hydroxyl groups excluding tert-OH is 1. The van der Waals surface area contributed by atoms with Gasteiger partial charge in [0.1, 0.15) is 6.04 Å². The topological polar surface area (TPSA) is 136 Å². The van der Waals surface area contributed by atoms with E-state index in [1.165, 1.54) is 7.05 Å². The van der Waals surface area contributed by atoms with Gasteiger partial charge in [-0.3, -0.25) is 14.5 Å². The van der Waals surface area contributed by atoms with Gasteiger partial charge in [0.05, 0.1) is 6.42 Å². The number of carbonyl (C=O) groups excluding carboxylic acids is 3. The average molecular weight is 273 g/mol. The van der Waals surface area contributed by atoms with E-state index in [-0.39, 0.29) is 25.3 Å². The summed E-state index contributed by atoms with van der Waals surface area (Å²) in [4.78, 5) is 45.3. The van der Waals surface area contributed by atoms with Crippen LogP contribution in [0.25, 0.3) is 0 Å². The van der Waals surface area contributed by atoms with E-state index in [1.54, 1.807) is 0 Å². The molecular weight excluding hydrogens is 258 g/mol. The van der Waals surface area contributed by atoms with Crippen molar-refractivity contribution in [3.63, 3.8) is 0 Å². The summed E-state index contributed by atoms with van der Waals surface area (Å²) in [5.74, 6) is -2.25. The summed E-state index contributed by atoms with van der Waals surface area (Å²) in [5, 5.41) is 22.0. The normalized spacial score (nSPS) is 20.3. The molecular formula is C10H15N3O6. The van der Waals surface area contributed by atoms with Crippen LogP contribution < -0.4 is 10.6 Å². The van der Waals surface area contributed by atoms with Crippen LogP contribution in [0.3, 0.4) is 0 Å². The van der Waals surface area contributed by atoms with Gasteiger partial charge in [0.15, 0.2) is 6.10 Å². The number of nitrogens with one attached hydrogen (secondary N) is 2. The Kier molecular flexibility index (Phi) is 4.81. The Balaban J connectivity index is 2.31. The van der Waals surface area contributed by atoms with Gasteiger partial charge >= 0.3 is 12.0 Å². The molecule has 19 heavy (non-hydrogen) atoms. The highest BCUT2D eigenvalue weighted by Gasteiger charge is 2.36. The molecule has 0 bridgehead atoms. The van der Waals surface area contributed by atoms with Gasteiger partial charge in [-0.1, -0.05) is 0 Å². The van der Waals surface area contributed by atoms with Gasteiger partial charge in [-0.25, -0.2) is 9.59 Å². The van der Waals surface area contributed by atoms with Crippen molar-refractivity contribution in [2.75, 3.05) is 13.6 Å². The van der Waals surface area contributed by atoms with E-state index in [0.29, 0.717) is 0 Å². The first-order chi connectivity index (χ1) is 8.82. The van der Waals surface area contributed by atoms with Gasteiger partial charge in [-0.05, 0) is 0 Å².